The number of carbonyl (C=O) groups excluding carboxylic acids is 2. The van der Waals surface area contributed by atoms with Gasteiger partial charge in [-0.25, -0.2) is 0 Å². The number of hydrogen-bond donors (Lipinski definition) is 0. The predicted octanol–water partition coefficient (Wildman–Crippen LogP) is 18.7. The second-order valence-corrected chi connectivity index (χ2v) is 22.7. The lowest BCUT2D eigenvalue weighted by molar-refractivity contribution is -0.870. The van der Waals surface area contributed by atoms with Crippen LogP contribution in [0.3, 0.4) is 0 Å². The highest BCUT2D eigenvalue weighted by molar-refractivity contribution is 7.45. The second kappa shape index (κ2) is 56.4. The molecule has 436 valence electrons. The number of quaternary nitrogens is 1. The minimum atomic E-state index is -4.66. The number of unbranched alkanes of at least 4 members (excludes halogenated alkanes) is 23. The summed E-state index contributed by atoms with van der Waals surface area (Å²) in [6.45, 7) is 3.95. The minimum Gasteiger partial charge on any atom is -0.756 e. The molecule has 0 saturated heterocycles. The van der Waals surface area contributed by atoms with Gasteiger partial charge in [0.1, 0.15) is 19.8 Å². The van der Waals surface area contributed by atoms with Crippen molar-refractivity contribution in [2.45, 2.75) is 251 Å². The molecule has 0 radical (unpaired) electrons. The summed E-state index contributed by atoms with van der Waals surface area (Å²) in [5.41, 5.74) is 0. The zero-order valence-electron chi connectivity index (χ0n) is 49.4. The van der Waals surface area contributed by atoms with Crippen molar-refractivity contribution in [1.82, 2.24) is 0 Å². The maximum Gasteiger partial charge on any atom is 0.306 e. The Morgan fingerprint density at radius 2 is 0.724 bits per heavy atom. The largest absolute Gasteiger partial charge is 0.756 e. The van der Waals surface area contributed by atoms with E-state index in [2.05, 4.69) is 117 Å². The average molecular weight is 1080 g/mol. The van der Waals surface area contributed by atoms with Crippen molar-refractivity contribution < 1.29 is 42.1 Å². The van der Waals surface area contributed by atoms with Gasteiger partial charge in [0.15, 0.2) is 6.10 Å². The van der Waals surface area contributed by atoms with Gasteiger partial charge in [-0.3, -0.25) is 14.2 Å². The molecule has 0 amide bonds. The highest BCUT2D eigenvalue weighted by atomic mass is 31.2. The van der Waals surface area contributed by atoms with Crippen molar-refractivity contribution in [2.75, 3.05) is 47.5 Å². The van der Waals surface area contributed by atoms with Crippen LogP contribution in [0, 0.1) is 0 Å². The summed E-state index contributed by atoms with van der Waals surface area (Å²) in [7, 11) is 1.12. The first-order valence-electron chi connectivity index (χ1n) is 30.6. The maximum absolute atomic E-state index is 12.7. The van der Waals surface area contributed by atoms with Gasteiger partial charge in [0.25, 0.3) is 7.82 Å². The third kappa shape index (κ3) is 59.9. The van der Waals surface area contributed by atoms with E-state index >= 15 is 0 Å². The molecule has 0 saturated carbocycles. The van der Waals surface area contributed by atoms with Crippen molar-refractivity contribution in [3.8, 4) is 0 Å². The van der Waals surface area contributed by atoms with Gasteiger partial charge in [-0.1, -0.05) is 252 Å². The normalized spacial score (nSPS) is 14.0. The number of rotatable bonds is 55. The van der Waals surface area contributed by atoms with Crippen LogP contribution in [0.1, 0.15) is 245 Å². The van der Waals surface area contributed by atoms with E-state index < -0.39 is 32.5 Å². The number of allylic oxidation sites excluding steroid dienone is 18. The zero-order chi connectivity index (χ0) is 55.6. The monoisotopic (exact) mass is 1080 g/mol. The Morgan fingerprint density at radius 3 is 1.09 bits per heavy atom. The van der Waals surface area contributed by atoms with E-state index in [1.54, 1.807) is 0 Å². The van der Waals surface area contributed by atoms with Crippen LogP contribution in [0.4, 0.5) is 0 Å². The summed E-state index contributed by atoms with van der Waals surface area (Å²) in [4.78, 5) is 37.8. The molecule has 0 heterocycles. The fourth-order valence-electron chi connectivity index (χ4n) is 8.15. The molecule has 2 unspecified atom stereocenters. The summed E-state index contributed by atoms with van der Waals surface area (Å²) in [6.07, 6.45) is 78.9. The molecule has 0 bridgehead atoms. The molecule has 0 N–H and O–H groups in total. The molecule has 0 aliphatic rings. The van der Waals surface area contributed by atoms with E-state index in [0.717, 1.165) is 77.0 Å². The summed E-state index contributed by atoms with van der Waals surface area (Å²) in [5.74, 6) is -0.901. The summed E-state index contributed by atoms with van der Waals surface area (Å²) < 4.78 is 34.1. The number of nitrogens with zero attached hydrogens (tertiary/aromatic N) is 1. The van der Waals surface area contributed by atoms with Gasteiger partial charge in [0.2, 0.25) is 0 Å². The van der Waals surface area contributed by atoms with Gasteiger partial charge in [-0.05, 0) is 89.9 Å². The molecule has 10 heteroatoms. The molecular formula is C66H114NO8P. The van der Waals surface area contributed by atoms with E-state index in [1.165, 1.54) is 128 Å². The highest BCUT2D eigenvalue weighted by Gasteiger charge is 2.21. The number of hydrogen-bond acceptors (Lipinski definition) is 8. The van der Waals surface area contributed by atoms with Crippen LogP contribution >= 0.6 is 7.82 Å². The molecule has 0 spiro atoms. The SMILES string of the molecule is CC/C=C\C/C=C\C/C=C\C/C=C\C/C=C\CCCC(=O)OC(COC(=O)CCCCCCCCCCCCCCCCCCCCCCCC/C=C\C/C=C\C/C=C\C/C=C\CC)COP(=O)([O-])OCC[N+](C)(C)C. The van der Waals surface area contributed by atoms with Crippen molar-refractivity contribution in [3.05, 3.63) is 109 Å². The average Bonchev–Trinajstić information content (AvgIpc) is 3.38. The number of likely N-dealkylation sites (N-methyl/N-ethyl adjacent to an activating group) is 1. The smallest absolute Gasteiger partial charge is 0.306 e. The fraction of sp³-hybridized carbons (Fsp3) is 0.697. The first-order chi connectivity index (χ1) is 37.0. The summed E-state index contributed by atoms with van der Waals surface area (Å²) in [5, 5.41) is 0. The molecular weight excluding hydrogens is 966 g/mol. The lowest BCUT2D eigenvalue weighted by atomic mass is 10.0. The van der Waals surface area contributed by atoms with Crippen LogP contribution in [0.15, 0.2) is 109 Å². The van der Waals surface area contributed by atoms with Gasteiger partial charge in [0.05, 0.1) is 27.7 Å². The first kappa shape index (κ1) is 72.7. The lowest BCUT2D eigenvalue weighted by Gasteiger charge is -2.28. The maximum atomic E-state index is 12.7. The molecule has 9 nitrogen and oxygen atoms in total. The molecule has 0 aromatic rings. The molecule has 2 atom stereocenters. The van der Waals surface area contributed by atoms with Crippen molar-refractivity contribution >= 4 is 19.8 Å². The van der Waals surface area contributed by atoms with E-state index in [9.17, 15) is 19.0 Å². The Morgan fingerprint density at radius 1 is 0.408 bits per heavy atom. The van der Waals surface area contributed by atoms with E-state index in [1.807, 2.05) is 27.2 Å². The van der Waals surface area contributed by atoms with Crippen LogP contribution < -0.4 is 4.89 Å². The van der Waals surface area contributed by atoms with E-state index in [0.29, 0.717) is 23.9 Å². The molecule has 0 aromatic heterocycles. The third-order valence-corrected chi connectivity index (χ3v) is 13.8. The fourth-order valence-corrected chi connectivity index (χ4v) is 8.88. The number of phosphoric acid groups is 1. The Balaban J connectivity index is 4.04. The molecule has 76 heavy (non-hydrogen) atoms. The van der Waals surface area contributed by atoms with Gasteiger partial charge in [-0.15, -0.1) is 0 Å². The highest BCUT2D eigenvalue weighted by Crippen LogP contribution is 2.38. The number of carbonyl (C=O) groups is 2. The quantitative estimate of drug-likeness (QED) is 0.0195. The van der Waals surface area contributed by atoms with Crippen LogP contribution in [0.5, 0.6) is 0 Å². The van der Waals surface area contributed by atoms with E-state index in [-0.39, 0.29) is 26.1 Å². The third-order valence-electron chi connectivity index (χ3n) is 12.8. The second-order valence-electron chi connectivity index (χ2n) is 21.3. The van der Waals surface area contributed by atoms with Gasteiger partial charge >= 0.3 is 11.9 Å². The summed E-state index contributed by atoms with van der Waals surface area (Å²) in [6, 6.07) is 0. The Hall–Kier alpha value is -3.33. The minimum absolute atomic E-state index is 0.0451. The lowest BCUT2D eigenvalue weighted by Crippen LogP contribution is -2.37. The van der Waals surface area contributed by atoms with Crippen LogP contribution in [0.25, 0.3) is 0 Å². The van der Waals surface area contributed by atoms with Gasteiger partial charge in [0, 0.05) is 12.8 Å². The molecule has 0 aromatic carbocycles. The van der Waals surface area contributed by atoms with Gasteiger partial charge in [-0.2, -0.15) is 0 Å². The van der Waals surface area contributed by atoms with Crippen molar-refractivity contribution in [3.63, 3.8) is 0 Å². The Bertz CT molecular complexity index is 1650. The van der Waals surface area contributed by atoms with Crippen molar-refractivity contribution in [1.29, 1.82) is 0 Å². The number of ether oxygens (including phenoxy) is 2. The number of phosphoric ester groups is 1. The molecule has 0 fully saturated rings. The van der Waals surface area contributed by atoms with Crippen LogP contribution in [-0.4, -0.2) is 70.0 Å². The molecule has 0 rings (SSSR count). The molecule has 0 aliphatic heterocycles. The van der Waals surface area contributed by atoms with Gasteiger partial charge < -0.3 is 27.9 Å². The van der Waals surface area contributed by atoms with Crippen LogP contribution in [-0.2, 0) is 32.7 Å². The Kier molecular flexibility index (Phi) is 53.9. The summed E-state index contributed by atoms with van der Waals surface area (Å²) >= 11 is 0. The number of esters is 2. The zero-order valence-corrected chi connectivity index (χ0v) is 50.3. The van der Waals surface area contributed by atoms with Crippen LogP contribution in [0.2, 0.25) is 0 Å². The van der Waals surface area contributed by atoms with Crippen molar-refractivity contribution in [2.24, 2.45) is 0 Å². The van der Waals surface area contributed by atoms with E-state index in [4.69, 9.17) is 18.5 Å². The molecule has 0 aliphatic carbocycles. The topological polar surface area (TPSA) is 111 Å². The Labute approximate surface area is 467 Å². The predicted molar refractivity (Wildman–Crippen MR) is 323 cm³/mol. The standard InChI is InChI=1S/C66H114NO8P/c1-6-8-10-12-14-16-18-20-22-24-25-26-27-28-29-30-31-32-33-34-35-36-37-38-39-40-41-43-44-46-48-50-52-54-56-58-65(68)72-62-64(63-74-76(70,71)73-61-60-67(3,4)5)75-66(69)59-57-55-53-51-49-47-45-42-23-21-19-17-15-13-11-9-7-2/h8-11,14-17,20-23,25-26,45,47,51,53,64H,6-7,12-13,18-19,24,27-44,46,48-50,52,54-63H2,1-5H3/b10-8-,11-9-,16-14-,17-15-,22-20-,23-21-,26-25-,47-45-,53-51-. The first-order valence-corrected chi connectivity index (χ1v) is 32.1.